The summed E-state index contributed by atoms with van der Waals surface area (Å²) in [7, 11) is 0. The molecule has 1 heterocycles. The predicted molar refractivity (Wildman–Crippen MR) is 65.0 cm³/mol. The molecule has 0 aromatic carbocycles. The van der Waals surface area contributed by atoms with Crippen LogP contribution in [-0.4, -0.2) is 37.1 Å². The molecule has 2 rings (SSSR count). The van der Waals surface area contributed by atoms with Crippen molar-refractivity contribution in [2.45, 2.75) is 44.6 Å². The minimum Gasteiger partial charge on any atom is -0.302 e. The summed E-state index contributed by atoms with van der Waals surface area (Å²) in [6.07, 6.45) is 8.28. The summed E-state index contributed by atoms with van der Waals surface area (Å²) in [5.41, 5.74) is 0. The van der Waals surface area contributed by atoms with Crippen LogP contribution in [0.5, 0.6) is 0 Å². The predicted octanol–water partition coefficient (Wildman–Crippen LogP) is 1.75. The summed E-state index contributed by atoms with van der Waals surface area (Å²) < 4.78 is 0. The first-order valence-electron chi connectivity index (χ1n) is 6.71. The van der Waals surface area contributed by atoms with Crippen molar-refractivity contribution in [3.05, 3.63) is 0 Å². The van der Waals surface area contributed by atoms with Gasteiger partial charge in [0, 0.05) is 19.1 Å². The zero-order valence-corrected chi connectivity index (χ0v) is 10.1. The topological polar surface area (TPSA) is 39.1 Å². The van der Waals surface area contributed by atoms with Gasteiger partial charge in [-0.1, -0.05) is 12.8 Å². The molecule has 1 saturated carbocycles. The molecule has 1 N–H and O–H groups in total. The van der Waals surface area contributed by atoms with Gasteiger partial charge in [0.1, 0.15) is 0 Å². The average Bonchev–Trinajstić information content (AvgIpc) is 2.80. The number of hydrogen-bond donors (Lipinski definition) is 1. The zero-order valence-electron chi connectivity index (χ0n) is 10.1. The van der Waals surface area contributed by atoms with Gasteiger partial charge in [0.05, 0.1) is 12.6 Å². The quantitative estimate of drug-likeness (QED) is 0.735. The monoisotopic (exact) mass is 221 g/mol. The number of likely N-dealkylation sites (tertiary alicyclic amines) is 1. The Balaban J connectivity index is 1.71. The van der Waals surface area contributed by atoms with Crippen molar-refractivity contribution >= 4 is 0 Å². The molecule has 3 heteroatoms. The number of hydrogen-bond acceptors (Lipinski definition) is 3. The molecule has 90 valence electrons. The van der Waals surface area contributed by atoms with E-state index in [2.05, 4.69) is 16.3 Å². The van der Waals surface area contributed by atoms with Gasteiger partial charge >= 0.3 is 0 Å². The first-order chi connectivity index (χ1) is 7.88. The Hall–Kier alpha value is -0.590. The van der Waals surface area contributed by atoms with E-state index in [1.54, 1.807) is 0 Å². The van der Waals surface area contributed by atoms with Gasteiger partial charge in [-0.2, -0.15) is 5.26 Å². The maximum atomic E-state index is 8.57. The highest BCUT2D eigenvalue weighted by Gasteiger charge is 2.23. The third-order valence-electron chi connectivity index (χ3n) is 3.97. The van der Waals surface area contributed by atoms with Crippen LogP contribution in [0.15, 0.2) is 0 Å². The largest absolute Gasteiger partial charge is 0.302 e. The van der Waals surface area contributed by atoms with Crippen LogP contribution in [0.3, 0.4) is 0 Å². The van der Waals surface area contributed by atoms with Gasteiger partial charge in [-0.25, -0.2) is 0 Å². The SMILES string of the molecule is N#CCNC1CCCN(CC2CCCC2)C1. The maximum Gasteiger partial charge on any atom is 0.0843 e. The third kappa shape index (κ3) is 3.47. The molecule has 0 aromatic rings. The van der Waals surface area contributed by atoms with Crippen molar-refractivity contribution in [2.24, 2.45) is 5.92 Å². The first kappa shape index (κ1) is 11.9. The molecule has 1 aliphatic heterocycles. The molecule has 2 fully saturated rings. The van der Waals surface area contributed by atoms with Gasteiger partial charge < -0.3 is 10.2 Å². The van der Waals surface area contributed by atoms with Crippen LogP contribution in [0.25, 0.3) is 0 Å². The van der Waals surface area contributed by atoms with Crippen molar-refractivity contribution in [1.29, 1.82) is 5.26 Å². The van der Waals surface area contributed by atoms with Gasteiger partial charge in [-0.05, 0) is 38.1 Å². The van der Waals surface area contributed by atoms with E-state index in [0.29, 0.717) is 12.6 Å². The highest BCUT2D eigenvalue weighted by molar-refractivity contribution is 4.84. The van der Waals surface area contributed by atoms with E-state index in [0.717, 1.165) is 12.5 Å². The fourth-order valence-corrected chi connectivity index (χ4v) is 3.14. The summed E-state index contributed by atoms with van der Waals surface area (Å²) in [5, 5.41) is 11.9. The van der Waals surface area contributed by atoms with Gasteiger partial charge in [0.25, 0.3) is 0 Å². The Morgan fingerprint density at radius 2 is 2.00 bits per heavy atom. The molecule has 16 heavy (non-hydrogen) atoms. The Bertz CT molecular complexity index is 240. The number of nitriles is 1. The van der Waals surface area contributed by atoms with Crippen LogP contribution in [0.2, 0.25) is 0 Å². The van der Waals surface area contributed by atoms with Crippen molar-refractivity contribution in [3.63, 3.8) is 0 Å². The molecule has 0 spiro atoms. The van der Waals surface area contributed by atoms with Crippen molar-refractivity contribution in [2.75, 3.05) is 26.2 Å². The lowest BCUT2D eigenvalue weighted by atomic mass is 10.0. The molecule has 2 aliphatic rings. The Labute approximate surface area is 98.8 Å². The molecule has 0 aromatic heterocycles. The fourth-order valence-electron chi connectivity index (χ4n) is 3.14. The highest BCUT2D eigenvalue weighted by Crippen LogP contribution is 2.26. The van der Waals surface area contributed by atoms with Crippen molar-refractivity contribution in [3.8, 4) is 6.07 Å². The Morgan fingerprint density at radius 3 is 2.75 bits per heavy atom. The van der Waals surface area contributed by atoms with Gasteiger partial charge in [0.15, 0.2) is 0 Å². The minimum atomic E-state index is 0.502. The van der Waals surface area contributed by atoms with Crippen LogP contribution < -0.4 is 5.32 Å². The molecule has 1 aliphatic carbocycles. The van der Waals surface area contributed by atoms with Crippen LogP contribution in [0, 0.1) is 17.2 Å². The molecule has 0 amide bonds. The van der Waals surface area contributed by atoms with Crippen LogP contribution >= 0.6 is 0 Å². The molecule has 0 radical (unpaired) electrons. The van der Waals surface area contributed by atoms with E-state index in [4.69, 9.17) is 5.26 Å². The number of rotatable bonds is 4. The maximum absolute atomic E-state index is 8.57. The highest BCUT2D eigenvalue weighted by atomic mass is 15.2. The molecular weight excluding hydrogens is 198 g/mol. The molecule has 1 atom stereocenters. The van der Waals surface area contributed by atoms with Crippen LogP contribution in [0.1, 0.15) is 38.5 Å². The lowest BCUT2D eigenvalue weighted by molar-refractivity contribution is 0.168. The zero-order chi connectivity index (χ0) is 11.2. The van der Waals surface area contributed by atoms with E-state index < -0.39 is 0 Å². The second kappa shape index (κ2) is 6.22. The van der Waals surface area contributed by atoms with E-state index in [-0.39, 0.29) is 0 Å². The van der Waals surface area contributed by atoms with E-state index in [1.165, 1.54) is 51.6 Å². The summed E-state index contributed by atoms with van der Waals surface area (Å²) in [4.78, 5) is 2.61. The van der Waals surface area contributed by atoms with Crippen LogP contribution in [0.4, 0.5) is 0 Å². The Morgan fingerprint density at radius 1 is 1.19 bits per heavy atom. The second-order valence-electron chi connectivity index (χ2n) is 5.29. The van der Waals surface area contributed by atoms with Crippen molar-refractivity contribution in [1.82, 2.24) is 10.2 Å². The van der Waals surface area contributed by atoms with E-state index in [1.807, 2.05) is 0 Å². The second-order valence-corrected chi connectivity index (χ2v) is 5.29. The molecule has 1 unspecified atom stereocenters. The number of piperidine rings is 1. The van der Waals surface area contributed by atoms with Crippen molar-refractivity contribution < 1.29 is 0 Å². The third-order valence-corrected chi connectivity index (χ3v) is 3.97. The lowest BCUT2D eigenvalue weighted by Crippen LogP contribution is -2.46. The van der Waals surface area contributed by atoms with Gasteiger partial charge in [0.2, 0.25) is 0 Å². The van der Waals surface area contributed by atoms with Gasteiger partial charge in [-0.3, -0.25) is 0 Å². The molecule has 0 bridgehead atoms. The lowest BCUT2D eigenvalue weighted by Gasteiger charge is -2.34. The standard InChI is InChI=1S/C13H23N3/c14-7-8-15-13-6-3-9-16(11-13)10-12-4-1-2-5-12/h12-13,15H,1-6,8-11H2. The number of nitrogens with zero attached hydrogens (tertiary/aromatic N) is 2. The van der Waals surface area contributed by atoms with Gasteiger partial charge in [-0.15, -0.1) is 0 Å². The smallest absolute Gasteiger partial charge is 0.0843 e. The minimum absolute atomic E-state index is 0.502. The van der Waals surface area contributed by atoms with Crippen LogP contribution in [-0.2, 0) is 0 Å². The summed E-state index contributed by atoms with van der Waals surface area (Å²) in [5.74, 6) is 0.953. The fraction of sp³-hybridized carbons (Fsp3) is 0.923. The number of nitrogens with one attached hydrogen (secondary N) is 1. The summed E-state index contributed by atoms with van der Waals surface area (Å²) in [6, 6.07) is 2.72. The normalized spacial score (nSPS) is 28.1. The first-order valence-corrected chi connectivity index (χ1v) is 6.71. The molecule has 1 saturated heterocycles. The Kier molecular flexibility index (Phi) is 4.62. The average molecular weight is 221 g/mol. The molecule has 3 nitrogen and oxygen atoms in total. The van der Waals surface area contributed by atoms with E-state index >= 15 is 0 Å². The summed E-state index contributed by atoms with van der Waals surface area (Å²) >= 11 is 0. The van der Waals surface area contributed by atoms with E-state index in [9.17, 15) is 0 Å². The summed E-state index contributed by atoms with van der Waals surface area (Å²) in [6.45, 7) is 4.21. The molecular formula is C13H23N3.